The summed E-state index contributed by atoms with van der Waals surface area (Å²) in [7, 11) is 0. The first-order valence-corrected chi connectivity index (χ1v) is 9.40. The van der Waals surface area contributed by atoms with Gasteiger partial charge in [0.15, 0.2) is 0 Å². The standard InChI is InChI=1S/C18H27BrN2O/c1-13-11-15(19)12-16(18(13)22)17(14-5-3-2-4-6-14)21-9-7-20-8-10-21/h11-12,14,17,20,22H,2-10H2,1H3/t17-/m1/s1. The highest BCUT2D eigenvalue weighted by atomic mass is 79.9. The number of nitrogens with zero attached hydrogens (tertiary/aromatic N) is 1. The predicted octanol–water partition coefficient (Wildman–Crippen LogP) is 3.99. The first-order chi connectivity index (χ1) is 10.7. The summed E-state index contributed by atoms with van der Waals surface area (Å²) in [5.41, 5.74) is 2.10. The van der Waals surface area contributed by atoms with Gasteiger partial charge in [-0.25, -0.2) is 0 Å². The molecule has 2 aliphatic rings. The molecule has 1 aromatic carbocycles. The maximum absolute atomic E-state index is 10.7. The first kappa shape index (κ1) is 16.3. The maximum atomic E-state index is 10.7. The van der Waals surface area contributed by atoms with Gasteiger partial charge >= 0.3 is 0 Å². The van der Waals surface area contributed by atoms with E-state index in [1.165, 1.54) is 32.1 Å². The van der Waals surface area contributed by atoms with E-state index in [9.17, 15) is 5.11 Å². The van der Waals surface area contributed by atoms with Crippen LogP contribution < -0.4 is 5.32 Å². The van der Waals surface area contributed by atoms with Gasteiger partial charge in [-0.3, -0.25) is 4.90 Å². The molecule has 3 nitrogen and oxygen atoms in total. The number of hydrogen-bond donors (Lipinski definition) is 2. The van der Waals surface area contributed by atoms with Gasteiger partial charge in [0.05, 0.1) is 0 Å². The highest BCUT2D eigenvalue weighted by Gasteiger charge is 2.33. The van der Waals surface area contributed by atoms with Crippen LogP contribution in [-0.2, 0) is 0 Å². The van der Waals surface area contributed by atoms with E-state index in [0.717, 1.165) is 41.8 Å². The number of aromatic hydroxyl groups is 1. The Bertz CT molecular complexity index is 490. The van der Waals surface area contributed by atoms with Crippen molar-refractivity contribution < 1.29 is 5.11 Å². The second kappa shape index (κ2) is 7.33. The van der Waals surface area contributed by atoms with Crippen LogP contribution in [-0.4, -0.2) is 36.2 Å². The number of benzene rings is 1. The summed E-state index contributed by atoms with van der Waals surface area (Å²) in [6, 6.07) is 4.51. The van der Waals surface area contributed by atoms with Crippen molar-refractivity contribution in [2.24, 2.45) is 5.92 Å². The molecule has 2 fully saturated rings. The van der Waals surface area contributed by atoms with E-state index in [4.69, 9.17) is 0 Å². The van der Waals surface area contributed by atoms with Crippen LogP contribution >= 0.6 is 15.9 Å². The Morgan fingerprint density at radius 1 is 1.18 bits per heavy atom. The van der Waals surface area contributed by atoms with Crippen LogP contribution in [0.4, 0.5) is 0 Å². The zero-order valence-electron chi connectivity index (χ0n) is 13.4. The largest absolute Gasteiger partial charge is 0.507 e. The van der Waals surface area contributed by atoms with Crippen LogP contribution in [0.5, 0.6) is 5.75 Å². The number of hydrogen-bond acceptors (Lipinski definition) is 3. The quantitative estimate of drug-likeness (QED) is 0.848. The van der Waals surface area contributed by atoms with Crippen LogP contribution in [0, 0.1) is 12.8 Å². The summed E-state index contributed by atoms with van der Waals surface area (Å²) in [6.45, 7) is 6.26. The first-order valence-electron chi connectivity index (χ1n) is 8.60. The van der Waals surface area contributed by atoms with Crippen molar-refractivity contribution in [2.45, 2.75) is 45.1 Å². The van der Waals surface area contributed by atoms with E-state index in [1.54, 1.807) is 0 Å². The number of halogens is 1. The van der Waals surface area contributed by atoms with Gasteiger partial charge in [-0.1, -0.05) is 35.2 Å². The van der Waals surface area contributed by atoms with Gasteiger partial charge < -0.3 is 10.4 Å². The van der Waals surface area contributed by atoms with E-state index in [1.807, 2.05) is 13.0 Å². The number of aryl methyl sites for hydroxylation is 1. The monoisotopic (exact) mass is 366 g/mol. The molecule has 0 aromatic heterocycles. The van der Waals surface area contributed by atoms with Crippen molar-refractivity contribution in [3.05, 3.63) is 27.7 Å². The molecule has 1 heterocycles. The predicted molar refractivity (Wildman–Crippen MR) is 94.3 cm³/mol. The highest BCUT2D eigenvalue weighted by Crippen LogP contribution is 2.43. The van der Waals surface area contributed by atoms with Crippen molar-refractivity contribution in [1.82, 2.24) is 10.2 Å². The van der Waals surface area contributed by atoms with Gasteiger partial charge in [0.25, 0.3) is 0 Å². The van der Waals surface area contributed by atoms with E-state index >= 15 is 0 Å². The van der Waals surface area contributed by atoms with E-state index < -0.39 is 0 Å². The van der Waals surface area contributed by atoms with Crippen LogP contribution in [0.1, 0.15) is 49.3 Å². The maximum Gasteiger partial charge on any atom is 0.123 e. The Morgan fingerprint density at radius 2 is 1.86 bits per heavy atom. The van der Waals surface area contributed by atoms with Gasteiger partial charge in [-0.15, -0.1) is 0 Å². The van der Waals surface area contributed by atoms with E-state index in [2.05, 4.69) is 32.2 Å². The van der Waals surface area contributed by atoms with Gasteiger partial charge in [-0.05, 0) is 43.4 Å². The summed E-state index contributed by atoms with van der Waals surface area (Å²) in [5, 5.41) is 14.1. The number of nitrogens with one attached hydrogen (secondary N) is 1. The fourth-order valence-electron chi connectivity index (χ4n) is 4.15. The second-order valence-electron chi connectivity index (χ2n) is 6.79. The van der Waals surface area contributed by atoms with Crippen LogP contribution in [0.15, 0.2) is 16.6 Å². The lowest BCUT2D eigenvalue weighted by Gasteiger charge is -2.41. The molecule has 0 unspecified atom stereocenters. The Kier molecular flexibility index (Phi) is 5.42. The van der Waals surface area contributed by atoms with Crippen molar-refractivity contribution in [2.75, 3.05) is 26.2 Å². The fraction of sp³-hybridized carbons (Fsp3) is 0.667. The van der Waals surface area contributed by atoms with Crippen molar-refractivity contribution in [3.8, 4) is 5.75 Å². The Hall–Kier alpha value is -0.580. The third-order valence-corrected chi connectivity index (χ3v) is 5.71. The van der Waals surface area contributed by atoms with Crippen LogP contribution in [0.2, 0.25) is 0 Å². The molecule has 0 radical (unpaired) electrons. The van der Waals surface area contributed by atoms with Gasteiger partial charge in [0.1, 0.15) is 5.75 Å². The molecule has 3 rings (SSSR count). The van der Waals surface area contributed by atoms with Crippen LogP contribution in [0.3, 0.4) is 0 Å². The molecule has 122 valence electrons. The van der Waals surface area contributed by atoms with E-state index in [0.29, 0.717) is 17.7 Å². The fourth-order valence-corrected chi connectivity index (χ4v) is 4.74. The molecule has 1 aliphatic carbocycles. The van der Waals surface area contributed by atoms with Crippen LogP contribution in [0.25, 0.3) is 0 Å². The number of phenolic OH excluding ortho intramolecular Hbond substituents is 1. The Balaban J connectivity index is 1.96. The Morgan fingerprint density at radius 3 is 2.55 bits per heavy atom. The lowest BCUT2D eigenvalue weighted by Crippen LogP contribution is -2.47. The second-order valence-corrected chi connectivity index (χ2v) is 7.71. The van der Waals surface area contributed by atoms with E-state index in [-0.39, 0.29) is 0 Å². The van der Waals surface area contributed by atoms with Crippen molar-refractivity contribution >= 4 is 15.9 Å². The number of rotatable bonds is 3. The summed E-state index contributed by atoms with van der Waals surface area (Å²) in [4.78, 5) is 2.59. The summed E-state index contributed by atoms with van der Waals surface area (Å²) < 4.78 is 1.08. The molecule has 1 aliphatic heterocycles. The minimum absolute atomic E-state index is 0.360. The molecule has 0 spiro atoms. The third kappa shape index (κ3) is 3.50. The molecule has 2 N–H and O–H groups in total. The number of piperazine rings is 1. The molecule has 1 atom stereocenters. The smallest absolute Gasteiger partial charge is 0.123 e. The molecule has 1 saturated carbocycles. The SMILES string of the molecule is Cc1cc(Br)cc([C@@H](C2CCCCC2)N2CCNCC2)c1O. The third-order valence-electron chi connectivity index (χ3n) is 5.25. The molecule has 22 heavy (non-hydrogen) atoms. The molecule has 0 amide bonds. The summed E-state index contributed by atoms with van der Waals surface area (Å²) in [5.74, 6) is 1.17. The van der Waals surface area contributed by atoms with Crippen molar-refractivity contribution in [3.63, 3.8) is 0 Å². The molecule has 1 aromatic rings. The van der Waals surface area contributed by atoms with Gasteiger partial charge in [-0.2, -0.15) is 0 Å². The van der Waals surface area contributed by atoms with Crippen molar-refractivity contribution in [1.29, 1.82) is 0 Å². The minimum atomic E-state index is 0.360. The highest BCUT2D eigenvalue weighted by molar-refractivity contribution is 9.10. The average Bonchev–Trinajstić information content (AvgIpc) is 2.54. The summed E-state index contributed by atoms with van der Waals surface area (Å²) >= 11 is 3.62. The zero-order chi connectivity index (χ0) is 15.5. The summed E-state index contributed by atoms with van der Waals surface area (Å²) in [6.07, 6.45) is 6.62. The Labute approximate surface area is 142 Å². The van der Waals surface area contributed by atoms with Gasteiger partial charge in [0, 0.05) is 42.3 Å². The lowest BCUT2D eigenvalue weighted by atomic mass is 9.79. The zero-order valence-corrected chi connectivity index (χ0v) is 15.0. The van der Waals surface area contributed by atoms with Gasteiger partial charge in [0.2, 0.25) is 0 Å². The molecular weight excluding hydrogens is 340 g/mol. The molecular formula is C18H27BrN2O. The number of phenols is 1. The normalized spacial score (nSPS) is 22.6. The topological polar surface area (TPSA) is 35.5 Å². The molecule has 4 heteroatoms. The average molecular weight is 367 g/mol. The minimum Gasteiger partial charge on any atom is -0.507 e. The molecule has 0 bridgehead atoms. The lowest BCUT2D eigenvalue weighted by molar-refractivity contribution is 0.101. The molecule has 1 saturated heterocycles.